The highest BCUT2D eigenvalue weighted by molar-refractivity contribution is 5.02. The molecule has 0 aromatic carbocycles. The predicted molar refractivity (Wildman–Crippen MR) is 70.2 cm³/mol. The van der Waals surface area contributed by atoms with E-state index < -0.39 is 5.60 Å². The molecule has 1 saturated heterocycles. The molecular weight excluding hydrogens is 228 g/mol. The summed E-state index contributed by atoms with van der Waals surface area (Å²) >= 11 is 0. The Morgan fingerprint density at radius 2 is 2.22 bits per heavy atom. The van der Waals surface area contributed by atoms with E-state index in [1.165, 1.54) is 25.8 Å². The lowest BCUT2D eigenvalue weighted by molar-refractivity contribution is 0.0737. The van der Waals surface area contributed by atoms with E-state index in [0.717, 1.165) is 13.0 Å². The summed E-state index contributed by atoms with van der Waals surface area (Å²) in [6, 6.07) is 0.661. The van der Waals surface area contributed by atoms with Crippen LogP contribution in [-0.4, -0.2) is 44.6 Å². The lowest BCUT2D eigenvalue weighted by atomic mass is 10.0. The van der Waals surface area contributed by atoms with Gasteiger partial charge < -0.3 is 10.0 Å². The van der Waals surface area contributed by atoms with Gasteiger partial charge in [-0.1, -0.05) is 11.6 Å². The van der Waals surface area contributed by atoms with Gasteiger partial charge in [0.25, 0.3) is 0 Å². The van der Waals surface area contributed by atoms with E-state index >= 15 is 0 Å². The molecule has 0 bridgehead atoms. The second-order valence-corrected chi connectivity index (χ2v) is 5.84. The fourth-order valence-corrected chi connectivity index (χ4v) is 2.48. The van der Waals surface area contributed by atoms with Crippen molar-refractivity contribution in [3.05, 3.63) is 11.9 Å². The van der Waals surface area contributed by atoms with Gasteiger partial charge >= 0.3 is 0 Å². The van der Waals surface area contributed by atoms with E-state index in [1.807, 2.05) is 10.9 Å². The molecular formula is C13H24N4O. The number of likely N-dealkylation sites (tertiary alicyclic amines) is 1. The van der Waals surface area contributed by atoms with Crippen molar-refractivity contribution < 1.29 is 5.11 Å². The van der Waals surface area contributed by atoms with E-state index in [-0.39, 0.29) is 0 Å². The minimum Gasteiger partial charge on any atom is -0.384 e. The largest absolute Gasteiger partial charge is 0.384 e. The van der Waals surface area contributed by atoms with Gasteiger partial charge in [-0.05, 0) is 46.7 Å². The van der Waals surface area contributed by atoms with Gasteiger partial charge in [-0.25, -0.2) is 0 Å². The van der Waals surface area contributed by atoms with Crippen LogP contribution in [0.3, 0.4) is 0 Å². The molecule has 18 heavy (non-hydrogen) atoms. The molecule has 5 heteroatoms. The SMILES string of the molecule is CN1CCCCC1CCn1cc(C(C)(C)O)nn1. The lowest BCUT2D eigenvalue weighted by Crippen LogP contribution is -2.36. The van der Waals surface area contributed by atoms with Crippen LogP contribution in [0.5, 0.6) is 0 Å². The number of aryl methyl sites for hydroxylation is 1. The van der Waals surface area contributed by atoms with Crippen LogP contribution in [0.1, 0.15) is 45.2 Å². The summed E-state index contributed by atoms with van der Waals surface area (Å²) in [5, 5.41) is 17.9. The van der Waals surface area contributed by atoms with Crippen molar-refractivity contribution in [2.24, 2.45) is 0 Å². The van der Waals surface area contributed by atoms with Gasteiger partial charge in [0.2, 0.25) is 0 Å². The second kappa shape index (κ2) is 5.36. The Morgan fingerprint density at radius 1 is 1.44 bits per heavy atom. The molecule has 1 aliphatic rings. The Balaban J connectivity index is 1.88. The maximum absolute atomic E-state index is 9.84. The van der Waals surface area contributed by atoms with Crippen molar-refractivity contribution in [1.29, 1.82) is 0 Å². The number of nitrogens with zero attached hydrogens (tertiary/aromatic N) is 4. The molecule has 2 heterocycles. The molecule has 5 nitrogen and oxygen atoms in total. The first-order valence-corrected chi connectivity index (χ1v) is 6.80. The summed E-state index contributed by atoms with van der Waals surface area (Å²) in [6.45, 7) is 5.54. The van der Waals surface area contributed by atoms with Gasteiger partial charge in [-0.15, -0.1) is 5.10 Å². The summed E-state index contributed by atoms with van der Waals surface area (Å²) in [5.41, 5.74) is -0.264. The van der Waals surface area contributed by atoms with Gasteiger partial charge in [0, 0.05) is 12.6 Å². The number of hydrogen-bond donors (Lipinski definition) is 1. The smallest absolute Gasteiger partial charge is 0.114 e. The molecule has 0 spiro atoms. The molecule has 1 unspecified atom stereocenters. The summed E-state index contributed by atoms with van der Waals surface area (Å²) < 4.78 is 1.84. The van der Waals surface area contributed by atoms with Crippen molar-refractivity contribution >= 4 is 0 Å². The maximum Gasteiger partial charge on any atom is 0.114 e. The van der Waals surface area contributed by atoms with Crippen molar-refractivity contribution in [2.45, 2.75) is 57.7 Å². The van der Waals surface area contributed by atoms with Crippen LogP contribution in [0.2, 0.25) is 0 Å². The first-order chi connectivity index (χ1) is 8.47. The highest BCUT2D eigenvalue weighted by Gasteiger charge is 2.21. The predicted octanol–water partition coefficient (Wildman–Crippen LogP) is 1.38. The van der Waals surface area contributed by atoms with E-state index in [1.54, 1.807) is 13.8 Å². The molecule has 0 aliphatic carbocycles. The Labute approximate surface area is 109 Å². The van der Waals surface area contributed by atoms with Crippen molar-refractivity contribution in [3.63, 3.8) is 0 Å². The van der Waals surface area contributed by atoms with E-state index in [0.29, 0.717) is 11.7 Å². The second-order valence-electron chi connectivity index (χ2n) is 5.84. The molecule has 1 aromatic heterocycles. The third kappa shape index (κ3) is 3.29. The first-order valence-electron chi connectivity index (χ1n) is 6.80. The highest BCUT2D eigenvalue weighted by atomic mass is 16.3. The number of aromatic nitrogens is 3. The highest BCUT2D eigenvalue weighted by Crippen LogP contribution is 2.19. The van der Waals surface area contributed by atoms with Gasteiger partial charge in [-0.2, -0.15) is 0 Å². The van der Waals surface area contributed by atoms with Crippen LogP contribution < -0.4 is 0 Å². The standard InChI is InChI=1S/C13H24N4O/c1-13(2,18)12-10-17(15-14-12)9-7-11-6-4-5-8-16(11)3/h10-11,18H,4-9H2,1-3H3. The summed E-state index contributed by atoms with van der Waals surface area (Å²) in [7, 11) is 2.20. The van der Waals surface area contributed by atoms with Crippen LogP contribution in [-0.2, 0) is 12.1 Å². The first kappa shape index (κ1) is 13.5. The van der Waals surface area contributed by atoms with E-state index in [9.17, 15) is 5.11 Å². The van der Waals surface area contributed by atoms with E-state index in [2.05, 4.69) is 22.3 Å². The summed E-state index contributed by atoms with van der Waals surface area (Å²) in [6.07, 6.45) is 6.89. The molecule has 0 amide bonds. The van der Waals surface area contributed by atoms with Crippen LogP contribution in [0.25, 0.3) is 0 Å². The van der Waals surface area contributed by atoms with Gasteiger partial charge in [0.05, 0.1) is 6.20 Å². The number of piperidine rings is 1. The molecule has 0 radical (unpaired) electrons. The Kier molecular flexibility index (Phi) is 4.02. The normalized spacial score (nSPS) is 22.3. The van der Waals surface area contributed by atoms with Crippen LogP contribution in [0.4, 0.5) is 0 Å². The molecule has 2 rings (SSSR count). The maximum atomic E-state index is 9.84. The molecule has 1 N–H and O–H groups in total. The zero-order valence-corrected chi connectivity index (χ0v) is 11.6. The quantitative estimate of drug-likeness (QED) is 0.879. The number of rotatable bonds is 4. The molecule has 102 valence electrons. The topological polar surface area (TPSA) is 54.2 Å². The fourth-order valence-electron chi connectivity index (χ4n) is 2.48. The molecule has 1 aromatic rings. The third-order valence-electron chi connectivity index (χ3n) is 3.78. The average molecular weight is 252 g/mol. The van der Waals surface area contributed by atoms with E-state index in [4.69, 9.17) is 0 Å². The molecule has 1 aliphatic heterocycles. The summed E-state index contributed by atoms with van der Waals surface area (Å²) in [4.78, 5) is 2.44. The van der Waals surface area contributed by atoms with Crippen molar-refractivity contribution in [1.82, 2.24) is 19.9 Å². The van der Waals surface area contributed by atoms with Crippen molar-refractivity contribution in [2.75, 3.05) is 13.6 Å². The zero-order chi connectivity index (χ0) is 13.2. The minimum atomic E-state index is -0.903. The van der Waals surface area contributed by atoms with Crippen molar-refractivity contribution in [3.8, 4) is 0 Å². The molecule has 0 saturated carbocycles. The Morgan fingerprint density at radius 3 is 2.83 bits per heavy atom. The number of aliphatic hydroxyl groups is 1. The monoisotopic (exact) mass is 252 g/mol. The average Bonchev–Trinajstić information content (AvgIpc) is 2.76. The third-order valence-corrected chi connectivity index (χ3v) is 3.78. The zero-order valence-electron chi connectivity index (χ0n) is 11.6. The van der Waals surface area contributed by atoms with Gasteiger partial charge in [-0.3, -0.25) is 4.68 Å². The Hall–Kier alpha value is -0.940. The molecule has 1 atom stereocenters. The number of hydrogen-bond acceptors (Lipinski definition) is 4. The molecule has 1 fully saturated rings. The fraction of sp³-hybridized carbons (Fsp3) is 0.846. The van der Waals surface area contributed by atoms with Crippen LogP contribution >= 0.6 is 0 Å². The summed E-state index contributed by atoms with van der Waals surface area (Å²) in [5.74, 6) is 0. The van der Waals surface area contributed by atoms with Gasteiger partial charge in [0.1, 0.15) is 11.3 Å². The van der Waals surface area contributed by atoms with Crippen LogP contribution in [0.15, 0.2) is 6.20 Å². The minimum absolute atomic E-state index is 0.638. The van der Waals surface area contributed by atoms with Crippen LogP contribution in [0, 0.1) is 0 Å². The van der Waals surface area contributed by atoms with Gasteiger partial charge in [0.15, 0.2) is 0 Å². The lowest BCUT2D eigenvalue weighted by Gasteiger charge is -2.32. The Bertz CT molecular complexity index is 383.